The van der Waals surface area contributed by atoms with Crippen molar-refractivity contribution in [2.45, 2.75) is 26.3 Å². The van der Waals surface area contributed by atoms with Crippen molar-refractivity contribution in [2.24, 2.45) is 0 Å². The normalized spacial score (nSPS) is 12.0. The topological polar surface area (TPSA) is 38.3 Å². The average Bonchev–Trinajstić information content (AvgIpc) is 2.24. The van der Waals surface area contributed by atoms with E-state index < -0.39 is 0 Å². The molecule has 0 aliphatic carbocycles. The number of carbonyl (C=O) groups excluding carboxylic acids is 1. The van der Waals surface area contributed by atoms with E-state index in [9.17, 15) is 4.79 Å². The Morgan fingerprint density at radius 2 is 2.00 bits per heavy atom. The Morgan fingerprint density at radius 3 is 2.53 bits per heavy atom. The highest BCUT2D eigenvalue weighted by atomic mass is 79.9. The number of ether oxygens (including phenoxy) is 1. The summed E-state index contributed by atoms with van der Waals surface area (Å²) in [5, 5.41) is 3.27. The molecular weight excluding hydrogens is 350 g/mol. The standard InChI is InChI=1S/C12H15Br2NO2/c1-3-17-11(16)7-8(2)15-12-9(13)5-4-6-10(12)14/h4-6,8,15H,3,7H2,1-2H3. The van der Waals surface area contributed by atoms with Crippen LogP contribution in [0.5, 0.6) is 0 Å². The number of para-hydroxylation sites is 1. The molecule has 0 aliphatic rings. The number of rotatable bonds is 5. The van der Waals surface area contributed by atoms with Gasteiger partial charge in [0.25, 0.3) is 0 Å². The van der Waals surface area contributed by atoms with Gasteiger partial charge in [-0.15, -0.1) is 0 Å². The number of hydrogen-bond acceptors (Lipinski definition) is 3. The minimum absolute atomic E-state index is 0.0176. The summed E-state index contributed by atoms with van der Waals surface area (Å²) in [5.74, 6) is -0.185. The smallest absolute Gasteiger partial charge is 0.307 e. The summed E-state index contributed by atoms with van der Waals surface area (Å²) in [6.45, 7) is 4.17. The molecule has 17 heavy (non-hydrogen) atoms. The summed E-state index contributed by atoms with van der Waals surface area (Å²) in [6, 6.07) is 5.85. The molecule has 3 nitrogen and oxygen atoms in total. The molecule has 0 radical (unpaired) electrons. The van der Waals surface area contributed by atoms with Crippen LogP contribution in [0.1, 0.15) is 20.3 Å². The molecule has 0 aromatic heterocycles. The maximum absolute atomic E-state index is 11.3. The van der Waals surface area contributed by atoms with Gasteiger partial charge in [-0.1, -0.05) is 6.07 Å². The first kappa shape index (κ1) is 14.5. The van der Waals surface area contributed by atoms with E-state index in [0.29, 0.717) is 13.0 Å². The molecule has 1 aromatic carbocycles. The van der Waals surface area contributed by atoms with Gasteiger partial charge in [0.15, 0.2) is 0 Å². The fourth-order valence-electron chi connectivity index (χ4n) is 1.40. The van der Waals surface area contributed by atoms with Crippen LogP contribution in [0.2, 0.25) is 0 Å². The van der Waals surface area contributed by atoms with Crippen molar-refractivity contribution >= 4 is 43.5 Å². The van der Waals surface area contributed by atoms with E-state index in [1.54, 1.807) is 6.92 Å². The van der Waals surface area contributed by atoms with Gasteiger partial charge in [-0.2, -0.15) is 0 Å². The third-order valence-corrected chi connectivity index (χ3v) is 3.45. The number of hydrogen-bond donors (Lipinski definition) is 1. The molecule has 0 aliphatic heterocycles. The molecule has 1 N–H and O–H groups in total. The molecular formula is C12H15Br2NO2. The van der Waals surface area contributed by atoms with E-state index in [2.05, 4.69) is 37.2 Å². The van der Waals surface area contributed by atoms with E-state index in [1.165, 1.54) is 0 Å². The first-order valence-electron chi connectivity index (χ1n) is 5.40. The van der Waals surface area contributed by atoms with Gasteiger partial charge in [0.1, 0.15) is 0 Å². The van der Waals surface area contributed by atoms with Gasteiger partial charge in [-0.05, 0) is 57.8 Å². The van der Waals surface area contributed by atoms with Crippen LogP contribution in [0.25, 0.3) is 0 Å². The zero-order valence-electron chi connectivity index (χ0n) is 9.80. The van der Waals surface area contributed by atoms with E-state index in [0.717, 1.165) is 14.6 Å². The molecule has 1 atom stereocenters. The van der Waals surface area contributed by atoms with E-state index in [1.807, 2.05) is 25.1 Å². The van der Waals surface area contributed by atoms with Crippen molar-refractivity contribution in [1.82, 2.24) is 0 Å². The predicted octanol–water partition coefficient (Wildman–Crippen LogP) is 3.97. The van der Waals surface area contributed by atoms with E-state index in [-0.39, 0.29) is 12.0 Å². The first-order valence-corrected chi connectivity index (χ1v) is 6.99. The fourth-order valence-corrected chi connectivity index (χ4v) is 2.63. The Balaban J connectivity index is 2.62. The Morgan fingerprint density at radius 1 is 1.41 bits per heavy atom. The van der Waals surface area contributed by atoms with Crippen LogP contribution in [-0.2, 0) is 9.53 Å². The largest absolute Gasteiger partial charge is 0.466 e. The summed E-state index contributed by atoms with van der Waals surface area (Å²) in [7, 11) is 0. The van der Waals surface area contributed by atoms with Gasteiger partial charge in [0, 0.05) is 15.0 Å². The highest BCUT2D eigenvalue weighted by molar-refractivity contribution is 9.11. The molecule has 0 amide bonds. The van der Waals surface area contributed by atoms with E-state index in [4.69, 9.17) is 4.74 Å². The van der Waals surface area contributed by atoms with Crippen molar-refractivity contribution in [2.75, 3.05) is 11.9 Å². The molecule has 0 fully saturated rings. The molecule has 1 rings (SSSR count). The quantitative estimate of drug-likeness (QED) is 0.803. The molecule has 0 heterocycles. The predicted molar refractivity (Wildman–Crippen MR) is 76.2 cm³/mol. The molecule has 0 saturated carbocycles. The van der Waals surface area contributed by atoms with Crippen LogP contribution >= 0.6 is 31.9 Å². The van der Waals surface area contributed by atoms with Crippen LogP contribution in [0.3, 0.4) is 0 Å². The lowest BCUT2D eigenvalue weighted by Gasteiger charge is -2.16. The number of nitrogens with one attached hydrogen (secondary N) is 1. The third-order valence-electron chi connectivity index (χ3n) is 2.13. The Labute approximate surface area is 118 Å². The van der Waals surface area contributed by atoms with Gasteiger partial charge in [0.05, 0.1) is 18.7 Å². The first-order chi connectivity index (χ1) is 8.04. The van der Waals surface area contributed by atoms with Gasteiger partial charge in [-0.3, -0.25) is 4.79 Å². The molecule has 0 spiro atoms. The summed E-state index contributed by atoms with van der Waals surface area (Å²) in [6.07, 6.45) is 0.349. The Hall–Kier alpha value is -0.550. The second-order valence-electron chi connectivity index (χ2n) is 3.65. The molecule has 0 saturated heterocycles. The lowest BCUT2D eigenvalue weighted by atomic mass is 10.2. The van der Waals surface area contributed by atoms with Crippen molar-refractivity contribution < 1.29 is 9.53 Å². The number of halogens is 2. The number of esters is 1. The monoisotopic (exact) mass is 363 g/mol. The average molecular weight is 365 g/mol. The summed E-state index contributed by atoms with van der Waals surface area (Å²) < 4.78 is 6.83. The fraction of sp³-hybridized carbons (Fsp3) is 0.417. The highest BCUT2D eigenvalue weighted by Crippen LogP contribution is 2.31. The van der Waals surface area contributed by atoms with Crippen LogP contribution < -0.4 is 5.32 Å². The Bertz CT molecular complexity index is 376. The lowest BCUT2D eigenvalue weighted by molar-refractivity contribution is -0.143. The van der Waals surface area contributed by atoms with Crippen LogP contribution in [0, 0.1) is 0 Å². The van der Waals surface area contributed by atoms with Crippen molar-refractivity contribution in [3.63, 3.8) is 0 Å². The van der Waals surface area contributed by atoms with Crippen LogP contribution in [-0.4, -0.2) is 18.6 Å². The third kappa shape index (κ3) is 4.68. The number of carbonyl (C=O) groups is 1. The SMILES string of the molecule is CCOC(=O)CC(C)Nc1c(Br)cccc1Br. The summed E-state index contributed by atoms with van der Waals surface area (Å²) in [4.78, 5) is 11.3. The molecule has 94 valence electrons. The van der Waals surface area contributed by atoms with Gasteiger partial charge >= 0.3 is 5.97 Å². The zero-order valence-corrected chi connectivity index (χ0v) is 13.0. The molecule has 0 bridgehead atoms. The zero-order chi connectivity index (χ0) is 12.8. The van der Waals surface area contributed by atoms with Crippen LogP contribution in [0.4, 0.5) is 5.69 Å². The summed E-state index contributed by atoms with van der Waals surface area (Å²) >= 11 is 6.93. The van der Waals surface area contributed by atoms with E-state index >= 15 is 0 Å². The number of anilines is 1. The number of benzene rings is 1. The molecule has 1 aromatic rings. The highest BCUT2D eigenvalue weighted by Gasteiger charge is 2.12. The van der Waals surface area contributed by atoms with Gasteiger partial charge in [0.2, 0.25) is 0 Å². The van der Waals surface area contributed by atoms with Crippen molar-refractivity contribution in [3.8, 4) is 0 Å². The minimum Gasteiger partial charge on any atom is -0.466 e. The maximum atomic E-state index is 11.3. The summed E-state index contributed by atoms with van der Waals surface area (Å²) in [5.41, 5.74) is 0.948. The van der Waals surface area contributed by atoms with Gasteiger partial charge in [-0.25, -0.2) is 0 Å². The minimum atomic E-state index is -0.185. The second kappa shape index (κ2) is 7.01. The Kier molecular flexibility index (Phi) is 5.98. The second-order valence-corrected chi connectivity index (χ2v) is 5.36. The van der Waals surface area contributed by atoms with Crippen molar-refractivity contribution in [1.29, 1.82) is 0 Å². The van der Waals surface area contributed by atoms with Crippen molar-refractivity contribution in [3.05, 3.63) is 27.1 Å². The van der Waals surface area contributed by atoms with Gasteiger partial charge < -0.3 is 10.1 Å². The van der Waals surface area contributed by atoms with Crippen LogP contribution in [0.15, 0.2) is 27.1 Å². The molecule has 1 unspecified atom stereocenters. The lowest BCUT2D eigenvalue weighted by Crippen LogP contribution is -2.21. The molecule has 5 heteroatoms. The maximum Gasteiger partial charge on any atom is 0.307 e.